The molecule has 12 nitrogen and oxygen atoms in total. The normalized spacial score (nSPS) is 24.2. The van der Waals surface area contributed by atoms with Gasteiger partial charge in [-0.1, -0.05) is 20.8 Å². The SMILES string of the molecule is C[C@@H]1CC(C)(C)C[C@@]2(C1)NC(=O)N(CC(=O)OCC(=O)c1c(N)n(C)c(=O)n(C)c1=O)C2=O. The quantitative estimate of drug-likeness (QED) is 0.336. The van der Waals surface area contributed by atoms with Crippen LogP contribution in [0.3, 0.4) is 0 Å². The van der Waals surface area contributed by atoms with Gasteiger partial charge in [0.15, 0.2) is 6.61 Å². The summed E-state index contributed by atoms with van der Waals surface area (Å²) in [6.07, 6.45) is 1.84. The van der Waals surface area contributed by atoms with E-state index in [9.17, 15) is 28.8 Å². The molecular weight excluding hydrogens is 434 g/mol. The zero-order valence-corrected chi connectivity index (χ0v) is 19.4. The first-order valence-electron chi connectivity index (χ1n) is 10.6. The van der Waals surface area contributed by atoms with E-state index in [1.54, 1.807) is 0 Å². The molecule has 1 aliphatic carbocycles. The van der Waals surface area contributed by atoms with Crippen LogP contribution in [-0.2, 0) is 28.4 Å². The molecule has 3 amide bonds. The lowest BCUT2D eigenvalue weighted by atomic mass is 9.64. The summed E-state index contributed by atoms with van der Waals surface area (Å²) in [6, 6.07) is -0.690. The number of esters is 1. The maximum atomic E-state index is 13.1. The van der Waals surface area contributed by atoms with E-state index in [0.29, 0.717) is 17.4 Å². The van der Waals surface area contributed by atoms with E-state index in [1.807, 2.05) is 20.8 Å². The number of ketones is 1. The summed E-state index contributed by atoms with van der Waals surface area (Å²) < 4.78 is 6.56. The van der Waals surface area contributed by atoms with Gasteiger partial charge in [0.05, 0.1) is 0 Å². The van der Waals surface area contributed by atoms with Gasteiger partial charge in [0.1, 0.15) is 23.5 Å². The molecule has 1 aromatic rings. The van der Waals surface area contributed by atoms with Gasteiger partial charge in [0.25, 0.3) is 11.5 Å². The van der Waals surface area contributed by atoms with Gasteiger partial charge in [0.2, 0.25) is 5.78 Å². The highest BCUT2D eigenvalue weighted by Gasteiger charge is 2.56. The molecule has 0 aromatic carbocycles. The number of carbonyl (C=O) groups excluding carboxylic acids is 4. The minimum absolute atomic E-state index is 0.161. The number of carbonyl (C=O) groups is 4. The minimum atomic E-state index is -1.07. The number of nitrogens with two attached hydrogens (primary N) is 1. The summed E-state index contributed by atoms with van der Waals surface area (Å²) in [5, 5.41) is 2.75. The van der Waals surface area contributed by atoms with Crippen LogP contribution in [0.5, 0.6) is 0 Å². The largest absolute Gasteiger partial charge is 0.456 e. The van der Waals surface area contributed by atoms with E-state index in [-0.39, 0.29) is 17.2 Å². The molecule has 1 saturated heterocycles. The molecule has 3 rings (SSSR count). The number of nitrogen functional groups attached to an aromatic ring is 1. The number of amides is 3. The zero-order valence-electron chi connectivity index (χ0n) is 19.4. The summed E-state index contributed by atoms with van der Waals surface area (Å²) in [5.74, 6) is -2.54. The fraction of sp³-hybridized carbons (Fsp3) is 0.619. The van der Waals surface area contributed by atoms with E-state index < -0.39 is 59.2 Å². The predicted octanol–water partition coefficient (Wildman–Crippen LogP) is -0.471. The zero-order chi connectivity index (χ0) is 24.9. The Morgan fingerprint density at radius 2 is 1.76 bits per heavy atom. The lowest BCUT2D eigenvalue weighted by Gasteiger charge is -2.43. The fourth-order valence-corrected chi connectivity index (χ4v) is 5.16. The van der Waals surface area contributed by atoms with Crippen molar-refractivity contribution in [3.05, 3.63) is 26.4 Å². The Morgan fingerprint density at radius 1 is 1.12 bits per heavy atom. The van der Waals surface area contributed by atoms with Gasteiger partial charge in [0, 0.05) is 14.1 Å². The van der Waals surface area contributed by atoms with Crippen LogP contribution in [0.25, 0.3) is 0 Å². The Balaban J connectivity index is 1.69. The Labute approximate surface area is 189 Å². The average Bonchev–Trinajstić information content (AvgIpc) is 2.91. The van der Waals surface area contributed by atoms with Crippen LogP contribution >= 0.6 is 0 Å². The Bertz CT molecular complexity index is 1160. The minimum Gasteiger partial charge on any atom is -0.456 e. The summed E-state index contributed by atoms with van der Waals surface area (Å²) >= 11 is 0. The van der Waals surface area contributed by atoms with Crippen molar-refractivity contribution in [3.63, 3.8) is 0 Å². The fourth-order valence-electron chi connectivity index (χ4n) is 5.16. The summed E-state index contributed by atoms with van der Waals surface area (Å²) in [5.41, 5.74) is 2.39. The molecule has 2 fully saturated rings. The number of imide groups is 1. The average molecular weight is 463 g/mol. The molecule has 1 saturated carbocycles. The number of nitrogens with zero attached hydrogens (tertiary/aromatic N) is 3. The van der Waals surface area contributed by atoms with Crippen LogP contribution in [0.2, 0.25) is 0 Å². The van der Waals surface area contributed by atoms with Crippen molar-refractivity contribution < 1.29 is 23.9 Å². The highest BCUT2D eigenvalue weighted by molar-refractivity contribution is 6.09. The number of rotatable bonds is 5. The molecule has 2 atom stereocenters. The summed E-state index contributed by atoms with van der Waals surface area (Å²) in [7, 11) is 2.48. The van der Waals surface area contributed by atoms with E-state index in [2.05, 4.69) is 5.32 Å². The second-order valence-electron chi connectivity index (χ2n) is 9.81. The monoisotopic (exact) mass is 463 g/mol. The molecule has 33 heavy (non-hydrogen) atoms. The third-order valence-corrected chi connectivity index (χ3v) is 6.26. The second kappa shape index (κ2) is 8.16. The van der Waals surface area contributed by atoms with Crippen LogP contribution < -0.4 is 22.3 Å². The van der Waals surface area contributed by atoms with Gasteiger partial charge >= 0.3 is 17.7 Å². The standard InChI is InChI=1S/C21H29N5O7/c1-11-6-20(2,3)10-21(7-11)17(30)26(18(31)23-21)8-13(28)33-9-12(27)14-15(22)24(4)19(32)25(5)16(14)29/h11H,6-10,22H2,1-5H3,(H,23,31)/t11-,21-/m1/s1. The Morgan fingerprint density at radius 3 is 2.36 bits per heavy atom. The first kappa shape index (κ1) is 24.2. The molecule has 0 bridgehead atoms. The maximum absolute atomic E-state index is 13.1. The van der Waals surface area contributed by atoms with E-state index >= 15 is 0 Å². The first-order valence-corrected chi connectivity index (χ1v) is 10.6. The van der Waals surface area contributed by atoms with Crippen molar-refractivity contribution in [2.45, 2.75) is 45.6 Å². The Kier molecular flexibility index (Phi) is 5.99. The number of hydrogen-bond donors (Lipinski definition) is 2. The predicted molar refractivity (Wildman–Crippen MR) is 116 cm³/mol. The molecule has 3 N–H and O–H groups in total. The van der Waals surface area contributed by atoms with Crippen molar-refractivity contribution >= 4 is 29.5 Å². The lowest BCUT2D eigenvalue weighted by Crippen LogP contribution is -2.54. The van der Waals surface area contributed by atoms with Crippen molar-refractivity contribution in [1.29, 1.82) is 0 Å². The molecule has 0 radical (unpaired) electrons. The van der Waals surface area contributed by atoms with Gasteiger partial charge in [-0.05, 0) is 30.6 Å². The van der Waals surface area contributed by atoms with E-state index in [4.69, 9.17) is 10.5 Å². The van der Waals surface area contributed by atoms with Gasteiger partial charge in [-0.3, -0.25) is 33.2 Å². The van der Waals surface area contributed by atoms with Crippen molar-refractivity contribution in [3.8, 4) is 0 Å². The molecular formula is C21H29N5O7. The first-order chi connectivity index (χ1) is 15.2. The maximum Gasteiger partial charge on any atom is 0.332 e. The van der Waals surface area contributed by atoms with Gasteiger partial charge in [-0.25, -0.2) is 9.59 Å². The molecule has 2 aliphatic rings. The van der Waals surface area contributed by atoms with Gasteiger partial charge in [-0.15, -0.1) is 0 Å². The number of ether oxygens (including phenoxy) is 1. The lowest BCUT2D eigenvalue weighted by molar-refractivity contribution is -0.147. The number of nitrogens with one attached hydrogen (secondary N) is 1. The van der Waals surface area contributed by atoms with Crippen molar-refractivity contribution in [2.75, 3.05) is 18.9 Å². The third kappa shape index (κ3) is 4.29. The molecule has 2 heterocycles. The van der Waals surface area contributed by atoms with Crippen LogP contribution in [0, 0.1) is 11.3 Å². The highest BCUT2D eigenvalue weighted by atomic mass is 16.5. The molecule has 0 unspecified atom stereocenters. The number of Topliss-reactive ketones (excluding diaryl/α,β-unsaturated/α-hetero) is 1. The molecule has 1 aromatic heterocycles. The second-order valence-corrected chi connectivity index (χ2v) is 9.81. The summed E-state index contributed by atoms with van der Waals surface area (Å²) in [6.45, 7) is 4.56. The van der Waals surface area contributed by atoms with Gasteiger partial charge in [-0.2, -0.15) is 0 Å². The van der Waals surface area contributed by atoms with E-state index in [1.165, 1.54) is 14.1 Å². The van der Waals surface area contributed by atoms with Crippen LogP contribution in [0.4, 0.5) is 10.6 Å². The topological polar surface area (TPSA) is 163 Å². The third-order valence-electron chi connectivity index (χ3n) is 6.26. The molecule has 1 spiro atoms. The van der Waals surface area contributed by atoms with Crippen LogP contribution in [0.1, 0.15) is 50.4 Å². The number of urea groups is 1. The van der Waals surface area contributed by atoms with Gasteiger partial charge < -0.3 is 15.8 Å². The molecule has 180 valence electrons. The number of hydrogen-bond acceptors (Lipinski definition) is 8. The van der Waals surface area contributed by atoms with Crippen LogP contribution in [-0.4, -0.2) is 56.4 Å². The number of aromatic nitrogens is 2. The smallest absolute Gasteiger partial charge is 0.332 e. The highest BCUT2D eigenvalue weighted by Crippen LogP contribution is 2.46. The number of anilines is 1. The molecule has 12 heteroatoms. The molecule has 1 aliphatic heterocycles. The Hall–Kier alpha value is -3.44. The summed E-state index contributed by atoms with van der Waals surface area (Å²) in [4.78, 5) is 75.3. The van der Waals surface area contributed by atoms with Crippen LogP contribution in [0.15, 0.2) is 9.59 Å². The van der Waals surface area contributed by atoms with Crippen molar-refractivity contribution in [2.24, 2.45) is 25.4 Å². The van der Waals surface area contributed by atoms with Crippen molar-refractivity contribution in [1.82, 2.24) is 19.4 Å². The van der Waals surface area contributed by atoms with E-state index in [0.717, 1.165) is 15.9 Å².